The molecule has 120 valence electrons. The summed E-state index contributed by atoms with van der Waals surface area (Å²) < 4.78 is 24.7. The number of aromatic nitrogens is 3. The van der Waals surface area contributed by atoms with E-state index in [0.717, 1.165) is 0 Å². The summed E-state index contributed by atoms with van der Waals surface area (Å²) in [5.74, 6) is 0.501. The Morgan fingerprint density at radius 1 is 1.17 bits per heavy atom. The number of fused-ring (bicyclic) bond motifs is 1. The van der Waals surface area contributed by atoms with Gasteiger partial charge in [-0.2, -0.15) is 4.98 Å². The van der Waals surface area contributed by atoms with Crippen molar-refractivity contribution in [2.75, 3.05) is 0 Å². The van der Waals surface area contributed by atoms with Gasteiger partial charge in [0.1, 0.15) is 11.3 Å². The molecule has 5 nitrogen and oxygen atoms in total. The molecule has 4 rings (SSSR count). The van der Waals surface area contributed by atoms with Crippen molar-refractivity contribution in [1.82, 2.24) is 15.1 Å². The lowest BCUT2D eigenvalue weighted by Gasteiger charge is -1.99. The molecule has 0 amide bonds. The van der Waals surface area contributed by atoms with E-state index < -0.39 is 5.82 Å². The molecule has 0 fully saturated rings. The molecule has 0 N–H and O–H groups in total. The van der Waals surface area contributed by atoms with E-state index in [4.69, 9.17) is 20.5 Å². The molecule has 0 unspecified atom stereocenters. The number of rotatable bonds is 3. The third-order valence-electron chi connectivity index (χ3n) is 3.60. The molecule has 2 heterocycles. The summed E-state index contributed by atoms with van der Waals surface area (Å²) in [7, 11) is 0. The van der Waals surface area contributed by atoms with Crippen LogP contribution in [0.1, 0.15) is 12.8 Å². The quantitative estimate of drug-likeness (QED) is 0.529. The van der Waals surface area contributed by atoms with Gasteiger partial charge in [0, 0.05) is 12.0 Å². The largest absolute Gasteiger partial charge is 0.441 e. The van der Waals surface area contributed by atoms with E-state index in [1.807, 2.05) is 6.92 Å². The Kier molecular flexibility index (Phi) is 3.54. The molecule has 0 aliphatic heterocycles. The van der Waals surface area contributed by atoms with Crippen molar-refractivity contribution in [2.24, 2.45) is 0 Å². The maximum absolute atomic E-state index is 14.0. The summed E-state index contributed by atoms with van der Waals surface area (Å²) in [6.07, 6.45) is 0.710. The third-order valence-corrected chi connectivity index (χ3v) is 3.91. The molecular formula is C17H11ClFN3O2. The lowest BCUT2D eigenvalue weighted by Crippen LogP contribution is -1.86. The molecule has 4 aromatic rings. The molecule has 0 spiro atoms. The predicted molar refractivity (Wildman–Crippen MR) is 87.1 cm³/mol. The standard InChI is InChI=1S/C17H11ClFN3O2/c1-2-14-20-12-8-9(6-7-13(12)23-14)16-21-17(24-22-16)15-10(18)4-3-5-11(15)19/h3-8H,2H2,1H3. The highest BCUT2D eigenvalue weighted by Gasteiger charge is 2.18. The van der Waals surface area contributed by atoms with Crippen LogP contribution in [0, 0.1) is 5.82 Å². The topological polar surface area (TPSA) is 65.0 Å². The van der Waals surface area contributed by atoms with Gasteiger partial charge in [-0.05, 0) is 30.3 Å². The van der Waals surface area contributed by atoms with Gasteiger partial charge in [-0.1, -0.05) is 29.7 Å². The van der Waals surface area contributed by atoms with Crippen molar-refractivity contribution in [1.29, 1.82) is 0 Å². The van der Waals surface area contributed by atoms with Crippen LogP contribution in [-0.2, 0) is 6.42 Å². The number of hydrogen-bond donors (Lipinski definition) is 0. The zero-order chi connectivity index (χ0) is 16.7. The highest BCUT2D eigenvalue weighted by Crippen LogP contribution is 2.31. The van der Waals surface area contributed by atoms with Crippen LogP contribution in [0.25, 0.3) is 33.9 Å². The first-order valence-corrected chi connectivity index (χ1v) is 7.71. The molecule has 0 saturated carbocycles. The summed E-state index contributed by atoms with van der Waals surface area (Å²) in [6.45, 7) is 1.97. The Balaban J connectivity index is 1.77. The second-order valence-corrected chi connectivity index (χ2v) is 5.57. The molecule has 24 heavy (non-hydrogen) atoms. The lowest BCUT2D eigenvalue weighted by molar-refractivity contribution is 0.429. The van der Waals surface area contributed by atoms with Crippen LogP contribution in [0.15, 0.2) is 45.3 Å². The second kappa shape index (κ2) is 5.72. The number of aryl methyl sites for hydroxylation is 1. The smallest absolute Gasteiger partial charge is 0.262 e. The van der Waals surface area contributed by atoms with Gasteiger partial charge in [-0.3, -0.25) is 0 Å². The summed E-state index contributed by atoms with van der Waals surface area (Å²) >= 11 is 6.03. The fourth-order valence-corrected chi connectivity index (χ4v) is 2.65. The van der Waals surface area contributed by atoms with Crippen LogP contribution >= 0.6 is 11.6 Å². The van der Waals surface area contributed by atoms with Crippen molar-refractivity contribution >= 4 is 22.7 Å². The summed E-state index contributed by atoms with van der Waals surface area (Å²) in [5.41, 5.74) is 2.19. The van der Waals surface area contributed by atoms with Crippen LogP contribution in [0.5, 0.6) is 0 Å². The normalized spacial score (nSPS) is 11.3. The number of hydrogen-bond acceptors (Lipinski definition) is 5. The molecule has 0 atom stereocenters. The van der Waals surface area contributed by atoms with Gasteiger partial charge in [0.2, 0.25) is 5.82 Å². The molecular weight excluding hydrogens is 333 g/mol. The van der Waals surface area contributed by atoms with Crippen molar-refractivity contribution in [2.45, 2.75) is 13.3 Å². The second-order valence-electron chi connectivity index (χ2n) is 5.16. The Morgan fingerprint density at radius 2 is 2.04 bits per heavy atom. The molecule has 7 heteroatoms. The Morgan fingerprint density at radius 3 is 2.83 bits per heavy atom. The number of halogens is 2. The SMILES string of the molecule is CCc1nc2cc(-c3noc(-c4c(F)cccc4Cl)n3)ccc2o1. The van der Waals surface area contributed by atoms with E-state index in [-0.39, 0.29) is 16.5 Å². The number of oxazole rings is 1. The minimum Gasteiger partial charge on any atom is -0.441 e. The average Bonchev–Trinajstić information content (AvgIpc) is 3.20. The Hall–Kier alpha value is -2.73. The Labute approximate surface area is 141 Å². The highest BCUT2D eigenvalue weighted by atomic mass is 35.5. The van der Waals surface area contributed by atoms with E-state index in [0.29, 0.717) is 34.8 Å². The van der Waals surface area contributed by atoms with E-state index in [9.17, 15) is 4.39 Å². The minimum atomic E-state index is -0.516. The van der Waals surface area contributed by atoms with E-state index >= 15 is 0 Å². The van der Waals surface area contributed by atoms with Crippen molar-refractivity contribution in [3.8, 4) is 22.8 Å². The Bertz CT molecular complexity index is 1020. The van der Waals surface area contributed by atoms with Gasteiger partial charge in [0.25, 0.3) is 5.89 Å². The maximum atomic E-state index is 14.0. The average molecular weight is 344 g/mol. The third kappa shape index (κ3) is 2.45. The number of nitrogens with zero attached hydrogens (tertiary/aromatic N) is 3. The zero-order valence-electron chi connectivity index (χ0n) is 12.6. The molecule has 0 bridgehead atoms. The minimum absolute atomic E-state index is 0.0302. The fraction of sp³-hybridized carbons (Fsp3) is 0.118. The maximum Gasteiger partial charge on any atom is 0.262 e. The first-order valence-electron chi connectivity index (χ1n) is 7.33. The van der Waals surface area contributed by atoms with Crippen LogP contribution in [0.3, 0.4) is 0 Å². The molecule has 2 aromatic carbocycles. The molecule has 2 aromatic heterocycles. The van der Waals surface area contributed by atoms with Gasteiger partial charge < -0.3 is 8.94 Å². The van der Waals surface area contributed by atoms with Gasteiger partial charge in [0.15, 0.2) is 11.5 Å². The van der Waals surface area contributed by atoms with Gasteiger partial charge in [0.05, 0.1) is 10.6 Å². The van der Waals surface area contributed by atoms with Gasteiger partial charge in [-0.25, -0.2) is 9.37 Å². The lowest BCUT2D eigenvalue weighted by atomic mass is 10.2. The van der Waals surface area contributed by atoms with Gasteiger partial charge >= 0.3 is 0 Å². The summed E-state index contributed by atoms with van der Waals surface area (Å²) in [4.78, 5) is 8.62. The van der Waals surface area contributed by atoms with E-state index in [2.05, 4.69) is 15.1 Å². The summed E-state index contributed by atoms with van der Waals surface area (Å²) in [5, 5.41) is 4.12. The van der Waals surface area contributed by atoms with Crippen molar-refractivity contribution < 1.29 is 13.3 Å². The first kappa shape index (κ1) is 14.8. The summed E-state index contributed by atoms with van der Waals surface area (Å²) in [6, 6.07) is 9.77. The van der Waals surface area contributed by atoms with Crippen LogP contribution in [-0.4, -0.2) is 15.1 Å². The zero-order valence-corrected chi connectivity index (χ0v) is 13.3. The van der Waals surface area contributed by atoms with Crippen molar-refractivity contribution in [3.63, 3.8) is 0 Å². The first-order chi connectivity index (χ1) is 11.7. The van der Waals surface area contributed by atoms with Gasteiger partial charge in [-0.15, -0.1) is 0 Å². The predicted octanol–water partition coefficient (Wildman–Crippen LogP) is 4.90. The molecule has 0 saturated heterocycles. The monoisotopic (exact) mass is 343 g/mol. The van der Waals surface area contributed by atoms with Crippen molar-refractivity contribution in [3.05, 3.63) is 53.1 Å². The van der Waals surface area contributed by atoms with E-state index in [1.54, 1.807) is 24.3 Å². The number of benzene rings is 2. The highest BCUT2D eigenvalue weighted by molar-refractivity contribution is 6.33. The van der Waals surface area contributed by atoms with Crippen LogP contribution < -0.4 is 0 Å². The molecule has 0 aliphatic rings. The van der Waals surface area contributed by atoms with Crippen LogP contribution in [0.4, 0.5) is 4.39 Å². The molecule has 0 radical (unpaired) electrons. The van der Waals surface area contributed by atoms with Crippen LogP contribution in [0.2, 0.25) is 5.02 Å². The molecule has 0 aliphatic carbocycles. The van der Waals surface area contributed by atoms with E-state index in [1.165, 1.54) is 12.1 Å². The fourth-order valence-electron chi connectivity index (χ4n) is 2.41.